The Balaban J connectivity index is 2.23. The SMILES string of the molecule is CC(C)(C)[Si](C)(C)Oc1c(N(Cc2cccnc2)c2ccc(OC(F)F)c(OC(F)F)c2)c[c]c(F)c1F. The van der Waals surface area contributed by atoms with Crippen LogP contribution >= 0.6 is 0 Å². The number of alkyl halides is 4. The molecule has 12 heteroatoms. The van der Waals surface area contributed by atoms with Crippen LogP contribution in [-0.4, -0.2) is 26.5 Å². The van der Waals surface area contributed by atoms with Crippen molar-refractivity contribution in [2.45, 2.75) is 58.7 Å². The zero-order valence-corrected chi connectivity index (χ0v) is 22.4. The molecule has 0 saturated heterocycles. The molecule has 0 bridgehead atoms. The Morgan fingerprint density at radius 3 is 2.24 bits per heavy atom. The average Bonchev–Trinajstić information content (AvgIpc) is 2.81. The summed E-state index contributed by atoms with van der Waals surface area (Å²) in [6, 6.07) is 10.1. The lowest BCUT2D eigenvalue weighted by molar-refractivity contribution is -0.0692. The van der Waals surface area contributed by atoms with Crippen LogP contribution in [0.15, 0.2) is 48.8 Å². The Hall–Kier alpha value is -3.41. The summed E-state index contributed by atoms with van der Waals surface area (Å²) < 4.78 is 96.5. The van der Waals surface area contributed by atoms with Crippen LogP contribution in [0.5, 0.6) is 17.2 Å². The predicted molar refractivity (Wildman–Crippen MR) is 133 cm³/mol. The summed E-state index contributed by atoms with van der Waals surface area (Å²) in [5.74, 6) is -4.22. The van der Waals surface area contributed by atoms with Gasteiger partial charge in [0.2, 0.25) is 5.82 Å². The van der Waals surface area contributed by atoms with Gasteiger partial charge in [0.15, 0.2) is 23.1 Å². The lowest BCUT2D eigenvalue weighted by atomic mass is 10.1. The van der Waals surface area contributed by atoms with E-state index in [1.54, 1.807) is 12.1 Å². The number of halogens is 6. The zero-order valence-electron chi connectivity index (χ0n) is 21.4. The maximum atomic E-state index is 15.3. The molecule has 1 radical (unpaired) electrons. The molecule has 0 aliphatic carbocycles. The minimum Gasteiger partial charge on any atom is -0.540 e. The normalized spacial score (nSPS) is 12.1. The summed E-state index contributed by atoms with van der Waals surface area (Å²) in [4.78, 5) is 5.49. The van der Waals surface area contributed by atoms with E-state index < -0.39 is 44.7 Å². The van der Waals surface area contributed by atoms with Crippen LogP contribution in [0, 0.1) is 17.7 Å². The molecule has 205 valence electrons. The van der Waals surface area contributed by atoms with E-state index in [0.717, 1.165) is 12.1 Å². The van der Waals surface area contributed by atoms with E-state index in [9.17, 15) is 22.0 Å². The third-order valence-electron chi connectivity index (χ3n) is 6.15. The van der Waals surface area contributed by atoms with Gasteiger partial charge in [0.05, 0.1) is 5.69 Å². The van der Waals surface area contributed by atoms with Crippen LogP contribution < -0.4 is 18.8 Å². The average molecular weight is 558 g/mol. The first-order valence-corrected chi connectivity index (χ1v) is 14.4. The Morgan fingerprint density at radius 2 is 1.66 bits per heavy atom. The van der Waals surface area contributed by atoms with Gasteiger partial charge in [0.25, 0.3) is 8.32 Å². The number of anilines is 2. The van der Waals surface area contributed by atoms with Crippen LogP contribution in [0.4, 0.5) is 37.7 Å². The van der Waals surface area contributed by atoms with Gasteiger partial charge in [0.1, 0.15) is 0 Å². The molecular formula is C26H27F6N2O3Si. The number of rotatable bonds is 10. The van der Waals surface area contributed by atoms with Gasteiger partial charge in [-0.05, 0) is 48.0 Å². The maximum absolute atomic E-state index is 15.3. The quantitative estimate of drug-likeness (QED) is 0.186. The largest absolute Gasteiger partial charge is 0.540 e. The minimum absolute atomic E-state index is 0.0101. The Kier molecular flexibility index (Phi) is 8.85. The van der Waals surface area contributed by atoms with Crippen molar-refractivity contribution >= 4 is 19.7 Å². The van der Waals surface area contributed by atoms with Gasteiger partial charge in [-0.25, -0.2) is 4.39 Å². The van der Waals surface area contributed by atoms with Gasteiger partial charge in [0, 0.05) is 36.8 Å². The van der Waals surface area contributed by atoms with Gasteiger partial charge in [-0.15, -0.1) is 0 Å². The van der Waals surface area contributed by atoms with E-state index >= 15 is 4.39 Å². The lowest BCUT2D eigenvalue weighted by Crippen LogP contribution is -2.44. The van der Waals surface area contributed by atoms with Gasteiger partial charge in [-0.1, -0.05) is 26.8 Å². The highest BCUT2D eigenvalue weighted by molar-refractivity contribution is 6.74. The lowest BCUT2D eigenvalue weighted by Gasteiger charge is -2.38. The van der Waals surface area contributed by atoms with Gasteiger partial charge >= 0.3 is 13.2 Å². The molecule has 0 amide bonds. The number of benzene rings is 2. The molecule has 0 fully saturated rings. The molecule has 0 aliphatic heterocycles. The van der Waals surface area contributed by atoms with Crippen molar-refractivity contribution in [2.75, 3.05) is 4.90 Å². The predicted octanol–water partition coefficient (Wildman–Crippen LogP) is 8.09. The molecule has 0 unspecified atom stereocenters. The van der Waals surface area contributed by atoms with E-state index in [1.807, 2.05) is 33.9 Å². The van der Waals surface area contributed by atoms with Crippen molar-refractivity contribution < 1.29 is 40.2 Å². The van der Waals surface area contributed by atoms with Crippen LogP contribution in [-0.2, 0) is 6.54 Å². The number of ether oxygens (including phenoxy) is 2. The molecule has 0 N–H and O–H groups in total. The molecule has 3 aromatic rings. The topological polar surface area (TPSA) is 43.8 Å². The first-order valence-electron chi connectivity index (χ1n) is 11.5. The second-order valence-corrected chi connectivity index (χ2v) is 14.6. The van der Waals surface area contributed by atoms with Crippen molar-refractivity contribution in [1.82, 2.24) is 4.98 Å². The number of pyridine rings is 1. The molecule has 2 aromatic carbocycles. The number of hydrogen-bond acceptors (Lipinski definition) is 5. The standard InChI is InChI=1S/C26H27F6N2O3Si/c1-26(2,3)38(4,5)37-23-19(10-9-18(27)22(23)28)34(15-16-7-6-12-33-14-16)17-8-11-20(35-24(29)30)21(13-17)36-25(31)32/h6-8,10-14,24-25H,15H2,1-5H3. The molecule has 3 rings (SSSR count). The third kappa shape index (κ3) is 6.91. The second kappa shape index (κ2) is 11.5. The highest BCUT2D eigenvalue weighted by atomic mass is 28.4. The van der Waals surface area contributed by atoms with Crippen LogP contribution in [0.25, 0.3) is 0 Å². The molecule has 5 nitrogen and oxygen atoms in total. The highest BCUT2D eigenvalue weighted by Gasteiger charge is 2.41. The van der Waals surface area contributed by atoms with E-state index in [-0.39, 0.29) is 28.7 Å². The fraction of sp³-hybridized carbons (Fsp3) is 0.346. The Bertz CT molecular complexity index is 1240. The Labute approximate surface area is 218 Å². The number of nitrogens with zero attached hydrogens (tertiary/aromatic N) is 2. The van der Waals surface area contributed by atoms with Crippen LogP contribution in [0.2, 0.25) is 18.1 Å². The smallest absolute Gasteiger partial charge is 0.387 e. The monoisotopic (exact) mass is 557 g/mol. The van der Waals surface area contributed by atoms with Crippen molar-refractivity contribution in [3.8, 4) is 17.2 Å². The molecule has 0 spiro atoms. The van der Waals surface area contributed by atoms with Gasteiger partial charge in [-0.3, -0.25) is 4.98 Å². The fourth-order valence-corrected chi connectivity index (χ4v) is 4.23. The van der Waals surface area contributed by atoms with Gasteiger partial charge < -0.3 is 18.8 Å². The molecule has 38 heavy (non-hydrogen) atoms. The second-order valence-electron chi connectivity index (χ2n) is 9.83. The van der Waals surface area contributed by atoms with Crippen LogP contribution in [0.1, 0.15) is 26.3 Å². The Morgan fingerprint density at radius 1 is 1.00 bits per heavy atom. The van der Waals surface area contributed by atoms with Crippen molar-refractivity contribution in [2.24, 2.45) is 0 Å². The van der Waals surface area contributed by atoms with E-state index in [2.05, 4.69) is 20.5 Å². The van der Waals surface area contributed by atoms with Crippen molar-refractivity contribution in [3.05, 3.63) is 72.1 Å². The molecule has 0 aliphatic rings. The number of hydrogen-bond donors (Lipinski definition) is 0. The van der Waals surface area contributed by atoms with E-state index in [0.29, 0.717) is 5.56 Å². The van der Waals surface area contributed by atoms with Gasteiger partial charge in [-0.2, -0.15) is 22.0 Å². The van der Waals surface area contributed by atoms with Crippen LogP contribution in [0.3, 0.4) is 0 Å². The first-order chi connectivity index (χ1) is 17.7. The highest BCUT2D eigenvalue weighted by Crippen LogP contribution is 2.45. The molecule has 0 saturated carbocycles. The maximum Gasteiger partial charge on any atom is 0.387 e. The third-order valence-corrected chi connectivity index (χ3v) is 10.5. The molecular weight excluding hydrogens is 530 g/mol. The van der Waals surface area contributed by atoms with E-state index in [4.69, 9.17) is 4.43 Å². The van der Waals surface area contributed by atoms with Crippen molar-refractivity contribution in [3.63, 3.8) is 0 Å². The molecule has 1 heterocycles. The van der Waals surface area contributed by atoms with Crippen molar-refractivity contribution in [1.29, 1.82) is 0 Å². The summed E-state index contributed by atoms with van der Waals surface area (Å²) in [5, 5.41) is -0.381. The molecule has 1 aromatic heterocycles. The minimum atomic E-state index is -3.34. The summed E-state index contributed by atoms with van der Waals surface area (Å²) in [7, 11) is -2.72. The summed E-state index contributed by atoms with van der Waals surface area (Å²) in [6.07, 6.45) is 3.06. The van der Waals surface area contributed by atoms with E-state index in [1.165, 1.54) is 29.4 Å². The zero-order chi connectivity index (χ0) is 28.3. The first kappa shape index (κ1) is 29.1. The fourth-order valence-electron chi connectivity index (χ4n) is 3.21. The number of aromatic nitrogens is 1. The summed E-state index contributed by atoms with van der Waals surface area (Å²) >= 11 is 0. The summed E-state index contributed by atoms with van der Waals surface area (Å²) in [5.41, 5.74) is 0.758. The molecule has 0 atom stereocenters. The summed E-state index contributed by atoms with van der Waals surface area (Å²) in [6.45, 7) is 2.82.